The number of amides is 3. The Balaban J connectivity index is 1.40. The first kappa shape index (κ1) is 24.2. The van der Waals surface area contributed by atoms with Crippen LogP contribution in [0.3, 0.4) is 0 Å². The second-order valence-electron chi connectivity index (χ2n) is 7.69. The molecule has 1 aliphatic heterocycles. The molecular weight excluding hydrogens is 437 g/mol. The number of benzene rings is 2. The quantitative estimate of drug-likeness (QED) is 0.661. The molecule has 176 valence electrons. The van der Waals surface area contributed by atoms with E-state index in [2.05, 4.69) is 10.6 Å². The monoisotopic (exact) mass is 462 g/mol. The van der Waals surface area contributed by atoms with Gasteiger partial charge in [-0.25, -0.2) is 0 Å². The molecule has 33 heavy (non-hydrogen) atoms. The van der Waals surface area contributed by atoms with Gasteiger partial charge in [0.15, 0.2) is 0 Å². The molecule has 0 bridgehead atoms. The zero-order chi connectivity index (χ0) is 23.8. The molecule has 0 aliphatic carbocycles. The lowest BCUT2D eigenvalue weighted by Gasteiger charge is -2.34. The van der Waals surface area contributed by atoms with Gasteiger partial charge in [0.05, 0.1) is 30.8 Å². The van der Waals surface area contributed by atoms with Crippen molar-refractivity contribution in [3.05, 3.63) is 65.7 Å². The van der Waals surface area contributed by atoms with E-state index < -0.39 is 17.6 Å². The van der Waals surface area contributed by atoms with Crippen LogP contribution in [0, 0.1) is 0 Å². The third-order valence-electron chi connectivity index (χ3n) is 5.24. The number of carbonyl (C=O) groups excluding carboxylic acids is 3. The Kier molecular flexibility index (Phi) is 8.05. The Bertz CT molecular complexity index is 974. The van der Waals surface area contributed by atoms with Crippen LogP contribution in [0.15, 0.2) is 54.6 Å². The molecule has 0 unspecified atom stereocenters. The van der Waals surface area contributed by atoms with Crippen LogP contribution < -0.4 is 10.6 Å². The van der Waals surface area contributed by atoms with Gasteiger partial charge in [-0.3, -0.25) is 19.3 Å². The van der Waals surface area contributed by atoms with Gasteiger partial charge < -0.3 is 15.5 Å². The van der Waals surface area contributed by atoms with Crippen LogP contribution >= 0.6 is 0 Å². The Morgan fingerprint density at radius 1 is 0.848 bits per heavy atom. The molecule has 2 N–H and O–H groups in total. The molecule has 7 nitrogen and oxygen atoms in total. The molecule has 2 aromatic rings. The van der Waals surface area contributed by atoms with Crippen molar-refractivity contribution in [1.82, 2.24) is 15.1 Å². The number of carbonyl (C=O) groups is 3. The van der Waals surface area contributed by atoms with E-state index in [-0.39, 0.29) is 37.0 Å². The molecule has 0 aromatic heterocycles. The highest BCUT2D eigenvalue weighted by Gasteiger charge is 2.33. The van der Waals surface area contributed by atoms with Gasteiger partial charge in [0, 0.05) is 26.2 Å². The summed E-state index contributed by atoms with van der Waals surface area (Å²) in [5, 5.41) is 4.94. The van der Waals surface area contributed by atoms with Crippen LogP contribution in [0.5, 0.6) is 0 Å². The summed E-state index contributed by atoms with van der Waals surface area (Å²) in [4.78, 5) is 40.0. The van der Waals surface area contributed by atoms with E-state index in [1.165, 1.54) is 18.2 Å². The SMILES string of the molecule is O=C(Cc1ccccc1)NCC(=O)N1CCN(CC(=O)Nc2ccccc2C(F)(F)F)CC1. The third-order valence-corrected chi connectivity index (χ3v) is 5.24. The second kappa shape index (κ2) is 11.0. The molecule has 10 heteroatoms. The molecule has 3 amide bonds. The minimum absolute atomic E-state index is 0.0813. The van der Waals surface area contributed by atoms with E-state index in [9.17, 15) is 27.6 Å². The molecule has 0 atom stereocenters. The van der Waals surface area contributed by atoms with E-state index in [0.29, 0.717) is 26.2 Å². The highest BCUT2D eigenvalue weighted by atomic mass is 19.4. The van der Waals surface area contributed by atoms with Crippen molar-refractivity contribution in [2.75, 3.05) is 44.6 Å². The van der Waals surface area contributed by atoms with Gasteiger partial charge in [0.25, 0.3) is 0 Å². The molecule has 1 aliphatic rings. The van der Waals surface area contributed by atoms with E-state index in [1.807, 2.05) is 30.3 Å². The van der Waals surface area contributed by atoms with Crippen LogP contribution in [0.2, 0.25) is 0 Å². The summed E-state index contributed by atoms with van der Waals surface area (Å²) < 4.78 is 39.2. The number of hydrogen-bond donors (Lipinski definition) is 2. The van der Waals surface area contributed by atoms with Crippen molar-refractivity contribution in [2.24, 2.45) is 0 Å². The molecule has 0 spiro atoms. The molecule has 1 fully saturated rings. The maximum absolute atomic E-state index is 13.1. The maximum Gasteiger partial charge on any atom is 0.418 e. The number of rotatable bonds is 7. The molecule has 0 radical (unpaired) electrons. The first-order chi connectivity index (χ1) is 15.7. The predicted molar refractivity (Wildman–Crippen MR) is 116 cm³/mol. The number of nitrogens with zero attached hydrogens (tertiary/aromatic N) is 2. The number of alkyl halides is 3. The van der Waals surface area contributed by atoms with Gasteiger partial charge in [0.2, 0.25) is 17.7 Å². The smallest absolute Gasteiger partial charge is 0.347 e. The maximum atomic E-state index is 13.1. The summed E-state index contributed by atoms with van der Waals surface area (Å²) in [6, 6.07) is 14.0. The van der Waals surface area contributed by atoms with E-state index in [0.717, 1.165) is 11.6 Å². The fourth-order valence-corrected chi connectivity index (χ4v) is 3.52. The lowest BCUT2D eigenvalue weighted by molar-refractivity contribution is -0.137. The fourth-order valence-electron chi connectivity index (χ4n) is 3.52. The van der Waals surface area contributed by atoms with Gasteiger partial charge in [-0.1, -0.05) is 42.5 Å². The van der Waals surface area contributed by atoms with Crippen molar-refractivity contribution >= 4 is 23.4 Å². The highest BCUT2D eigenvalue weighted by Crippen LogP contribution is 2.34. The fraction of sp³-hybridized carbons (Fsp3) is 0.348. The van der Waals surface area contributed by atoms with Crippen LogP contribution in [0.4, 0.5) is 18.9 Å². The standard InChI is InChI=1S/C23H25F3N4O3/c24-23(25,26)18-8-4-5-9-19(18)28-21(32)16-29-10-12-30(13-11-29)22(33)15-27-20(31)14-17-6-2-1-3-7-17/h1-9H,10-16H2,(H,27,31)(H,28,32). The van der Waals surface area contributed by atoms with Crippen molar-refractivity contribution in [1.29, 1.82) is 0 Å². The first-order valence-corrected chi connectivity index (χ1v) is 10.5. The average Bonchev–Trinajstić information content (AvgIpc) is 2.78. The van der Waals surface area contributed by atoms with E-state index in [1.54, 1.807) is 9.80 Å². The average molecular weight is 462 g/mol. The zero-order valence-corrected chi connectivity index (χ0v) is 17.9. The van der Waals surface area contributed by atoms with E-state index >= 15 is 0 Å². The zero-order valence-electron chi connectivity index (χ0n) is 17.9. The van der Waals surface area contributed by atoms with Crippen LogP contribution in [0.1, 0.15) is 11.1 Å². The minimum atomic E-state index is -4.56. The molecule has 0 saturated carbocycles. The Morgan fingerprint density at radius 2 is 1.48 bits per heavy atom. The van der Waals surface area contributed by atoms with Gasteiger partial charge in [-0.15, -0.1) is 0 Å². The third kappa shape index (κ3) is 7.31. The number of anilines is 1. The van der Waals surface area contributed by atoms with Gasteiger partial charge >= 0.3 is 6.18 Å². The minimum Gasteiger partial charge on any atom is -0.347 e. The summed E-state index contributed by atoms with van der Waals surface area (Å²) in [6.07, 6.45) is -4.37. The second-order valence-corrected chi connectivity index (χ2v) is 7.69. The largest absolute Gasteiger partial charge is 0.418 e. The lowest BCUT2D eigenvalue weighted by atomic mass is 10.1. The summed E-state index contributed by atoms with van der Waals surface area (Å²) in [5.74, 6) is -1.02. The van der Waals surface area contributed by atoms with Crippen LogP contribution in [-0.2, 0) is 27.0 Å². The van der Waals surface area contributed by atoms with Crippen LogP contribution in [0.25, 0.3) is 0 Å². The van der Waals surface area contributed by atoms with Crippen LogP contribution in [-0.4, -0.2) is 66.8 Å². The Labute approximate surface area is 189 Å². The van der Waals surface area contributed by atoms with Crippen molar-refractivity contribution < 1.29 is 27.6 Å². The van der Waals surface area contributed by atoms with Gasteiger partial charge in [-0.2, -0.15) is 13.2 Å². The normalized spacial score (nSPS) is 14.6. The molecule has 1 saturated heterocycles. The van der Waals surface area contributed by atoms with Crippen molar-refractivity contribution in [3.63, 3.8) is 0 Å². The molecule has 3 rings (SSSR count). The first-order valence-electron chi connectivity index (χ1n) is 10.5. The predicted octanol–water partition coefficient (Wildman–Crippen LogP) is 2.15. The molecular formula is C23H25F3N4O3. The van der Waals surface area contributed by atoms with E-state index in [4.69, 9.17) is 0 Å². The molecule has 1 heterocycles. The topological polar surface area (TPSA) is 81.8 Å². The highest BCUT2D eigenvalue weighted by molar-refractivity contribution is 5.93. The van der Waals surface area contributed by atoms with Crippen molar-refractivity contribution in [3.8, 4) is 0 Å². The number of para-hydroxylation sites is 1. The molecule has 2 aromatic carbocycles. The summed E-state index contributed by atoms with van der Waals surface area (Å²) in [5.41, 5.74) is -0.328. The summed E-state index contributed by atoms with van der Waals surface area (Å²) in [6.45, 7) is 1.33. The van der Waals surface area contributed by atoms with Crippen molar-refractivity contribution in [2.45, 2.75) is 12.6 Å². The van der Waals surface area contributed by atoms with Gasteiger partial charge in [0.1, 0.15) is 0 Å². The lowest BCUT2D eigenvalue weighted by Crippen LogP contribution is -2.52. The number of hydrogen-bond acceptors (Lipinski definition) is 4. The summed E-state index contributed by atoms with van der Waals surface area (Å²) >= 11 is 0. The Hall–Kier alpha value is -3.40. The summed E-state index contributed by atoms with van der Waals surface area (Å²) in [7, 11) is 0. The number of halogens is 3. The Morgan fingerprint density at radius 3 is 2.15 bits per heavy atom. The number of nitrogens with one attached hydrogen (secondary N) is 2. The number of piperazine rings is 1. The van der Waals surface area contributed by atoms with Gasteiger partial charge in [-0.05, 0) is 17.7 Å².